The smallest absolute Gasteiger partial charge is 0.338 e. The van der Waals surface area contributed by atoms with Crippen molar-refractivity contribution in [2.24, 2.45) is 0 Å². The number of carbonyl (C=O) groups excluding carboxylic acids is 1. The van der Waals surface area contributed by atoms with Crippen molar-refractivity contribution in [2.45, 2.75) is 26.7 Å². The van der Waals surface area contributed by atoms with Crippen LogP contribution in [0.1, 0.15) is 33.4 Å². The molecule has 0 saturated carbocycles. The summed E-state index contributed by atoms with van der Waals surface area (Å²) in [5.41, 5.74) is 1.77. The molecule has 0 aromatic carbocycles. The van der Waals surface area contributed by atoms with Crippen LogP contribution in [-0.2, 0) is 17.6 Å². The fourth-order valence-electron chi connectivity index (χ4n) is 1.89. The number of aromatic carboxylic acids is 1. The van der Waals surface area contributed by atoms with Gasteiger partial charge in [0.15, 0.2) is 0 Å². The summed E-state index contributed by atoms with van der Waals surface area (Å²) in [7, 11) is 0. The lowest BCUT2D eigenvalue weighted by molar-refractivity contribution is -0.115. The number of hydrogen-bond acceptors (Lipinski definition) is 4. The first kappa shape index (κ1) is 15.2. The summed E-state index contributed by atoms with van der Waals surface area (Å²) in [6.45, 7) is 3.83. The zero-order valence-electron chi connectivity index (χ0n) is 11.8. The van der Waals surface area contributed by atoms with E-state index in [1.54, 1.807) is 12.3 Å². The maximum Gasteiger partial charge on any atom is 0.338 e. The Kier molecular flexibility index (Phi) is 4.70. The Balaban J connectivity index is 2.14. The topological polar surface area (TPSA) is 79.3 Å². The van der Waals surface area contributed by atoms with Gasteiger partial charge < -0.3 is 10.4 Å². The van der Waals surface area contributed by atoms with Crippen LogP contribution in [-0.4, -0.2) is 22.0 Å². The Hall–Kier alpha value is -2.21. The number of nitrogens with one attached hydrogen (secondary N) is 1. The maximum atomic E-state index is 12.1. The normalized spacial score (nSPS) is 10.4. The van der Waals surface area contributed by atoms with Crippen molar-refractivity contribution in [1.29, 1.82) is 0 Å². The van der Waals surface area contributed by atoms with Crippen molar-refractivity contribution in [3.8, 4) is 0 Å². The molecular weight excluding hydrogens is 288 g/mol. The van der Waals surface area contributed by atoms with Crippen LogP contribution in [0.5, 0.6) is 0 Å². The molecule has 0 aliphatic rings. The minimum absolute atomic E-state index is 0.130. The van der Waals surface area contributed by atoms with Crippen LogP contribution in [0.4, 0.5) is 5.00 Å². The van der Waals surface area contributed by atoms with E-state index in [1.807, 2.05) is 26.0 Å². The van der Waals surface area contributed by atoms with E-state index < -0.39 is 5.97 Å². The molecule has 2 aromatic rings. The second-order valence-electron chi connectivity index (χ2n) is 4.61. The molecule has 110 valence electrons. The first-order chi connectivity index (χ1) is 10.0. The van der Waals surface area contributed by atoms with E-state index in [-0.39, 0.29) is 17.9 Å². The summed E-state index contributed by atoms with van der Waals surface area (Å²) in [5, 5.41) is 12.2. The first-order valence-electron chi connectivity index (χ1n) is 6.57. The van der Waals surface area contributed by atoms with Gasteiger partial charge in [0.25, 0.3) is 0 Å². The average molecular weight is 304 g/mol. The van der Waals surface area contributed by atoms with Gasteiger partial charge in [0.2, 0.25) is 5.91 Å². The summed E-state index contributed by atoms with van der Waals surface area (Å²) < 4.78 is 0. The highest BCUT2D eigenvalue weighted by molar-refractivity contribution is 7.16. The van der Waals surface area contributed by atoms with Crippen LogP contribution in [0.3, 0.4) is 0 Å². The van der Waals surface area contributed by atoms with Crippen LogP contribution >= 0.6 is 11.3 Å². The molecule has 0 unspecified atom stereocenters. The minimum atomic E-state index is -1.03. The first-order valence-corrected chi connectivity index (χ1v) is 7.39. The molecule has 2 heterocycles. The lowest BCUT2D eigenvalue weighted by Gasteiger charge is -2.05. The summed E-state index contributed by atoms with van der Waals surface area (Å²) in [5.74, 6) is -1.29. The second-order valence-corrected chi connectivity index (χ2v) is 5.74. The van der Waals surface area contributed by atoms with Crippen LogP contribution in [0.15, 0.2) is 24.4 Å². The van der Waals surface area contributed by atoms with E-state index in [0.717, 1.165) is 16.9 Å². The summed E-state index contributed by atoms with van der Waals surface area (Å²) >= 11 is 1.30. The SMILES string of the molecule is CCc1cc(C(=O)O)c(NC(=O)Cc2ncccc2C)s1. The number of thiophene rings is 1. The minimum Gasteiger partial charge on any atom is -0.478 e. The molecule has 0 fully saturated rings. The second kappa shape index (κ2) is 6.49. The van der Waals surface area contributed by atoms with Crippen LogP contribution in [0, 0.1) is 6.92 Å². The molecule has 0 saturated heterocycles. The molecule has 21 heavy (non-hydrogen) atoms. The highest BCUT2D eigenvalue weighted by atomic mass is 32.1. The quantitative estimate of drug-likeness (QED) is 0.890. The highest BCUT2D eigenvalue weighted by Gasteiger charge is 2.17. The number of aryl methyl sites for hydroxylation is 2. The van der Waals surface area contributed by atoms with Gasteiger partial charge in [-0.3, -0.25) is 9.78 Å². The van der Waals surface area contributed by atoms with E-state index in [1.165, 1.54) is 11.3 Å². The Morgan fingerprint density at radius 2 is 2.19 bits per heavy atom. The van der Waals surface area contributed by atoms with Crippen LogP contribution in [0.2, 0.25) is 0 Å². The van der Waals surface area contributed by atoms with Crippen molar-refractivity contribution >= 4 is 28.2 Å². The lowest BCUT2D eigenvalue weighted by atomic mass is 10.1. The van der Waals surface area contributed by atoms with Gasteiger partial charge in [0, 0.05) is 11.1 Å². The van der Waals surface area contributed by atoms with Crippen molar-refractivity contribution in [1.82, 2.24) is 4.98 Å². The van der Waals surface area contributed by atoms with E-state index in [4.69, 9.17) is 5.11 Å². The van der Waals surface area contributed by atoms with Crippen LogP contribution < -0.4 is 5.32 Å². The Labute approximate surface area is 126 Å². The molecule has 0 aliphatic carbocycles. The van der Waals surface area contributed by atoms with Gasteiger partial charge in [0.05, 0.1) is 17.7 Å². The number of hydrogen-bond donors (Lipinski definition) is 2. The van der Waals surface area contributed by atoms with E-state index in [9.17, 15) is 9.59 Å². The lowest BCUT2D eigenvalue weighted by Crippen LogP contribution is -2.16. The number of carbonyl (C=O) groups is 2. The van der Waals surface area contributed by atoms with Gasteiger partial charge in [0.1, 0.15) is 5.00 Å². The maximum absolute atomic E-state index is 12.1. The van der Waals surface area contributed by atoms with E-state index in [2.05, 4.69) is 10.3 Å². The number of amides is 1. The summed E-state index contributed by atoms with van der Waals surface area (Å²) in [6, 6.07) is 5.30. The third kappa shape index (κ3) is 3.66. The van der Waals surface area contributed by atoms with Gasteiger partial charge in [-0.2, -0.15) is 0 Å². The molecular formula is C15H16N2O3S. The third-order valence-corrected chi connectivity index (χ3v) is 4.26. The van der Waals surface area contributed by atoms with Gasteiger partial charge >= 0.3 is 5.97 Å². The summed E-state index contributed by atoms with van der Waals surface area (Å²) in [4.78, 5) is 28.3. The third-order valence-electron chi connectivity index (χ3n) is 3.06. The van der Waals surface area contributed by atoms with Crippen molar-refractivity contribution in [3.63, 3.8) is 0 Å². The van der Waals surface area contributed by atoms with Gasteiger partial charge in [-0.25, -0.2) is 4.79 Å². The molecule has 2 rings (SSSR count). The molecule has 0 atom stereocenters. The Morgan fingerprint density at radius 1 is 1.43 bits per heavy atom. The molecule has 5 nitrogen and oxygen atoms in total. The molecule has 2 N–H and O–H groups in total. The molecule has 0 bridgehead atoms. The van der Waals surface area contributed by atoms with E-state index in [0.29, 0.717) is 10.7 Å². The molecule has 0 spiro atoms. The van der Waals surface area contributed by atoms with Gasteiger partial charge in [-0.1, -0.05) is 13.0 Å². The number of nitrogens with zero attached hydrogens (tertiary/aromatic N) is 1. The molecule has 6 heteroatoms. The zero-order valence-corrected chi connectivity index (χ0v) is 12.7. The summed E-state index contributed by atoms with van der Waals surface area (Å²) in [6.07, 6.45) is 2.50. The van der Waals surface area contributed by atoms with Crippen LogP contribution in [0.25, 0.3) is 0 Å². The number of aromatic nitrogens is 1. The fourth-order valence-corrected chi connectivity index (χ4v) is 2.90. The Bertz CT molecular complexity index is 679. The fraction of sp³-hybridized carbons (Fsp3) is 0.267. The molecule has 2 aromatic heterocycles. The molecule has 0 aliphatic heterocycles. The van der Waals surface area contributed by atoms with Gasteiger partial charge in [-0.15, -0.1) is 11.3 Å². The highest BCUT2D eigenvalue weighted by Crippen LogP contribution is 2.28. The predicted octanol–water partition coefficient (Wildman–Crippen LogP) is 2.89. The predicted molar refractivity (Wildman–Crippen MR) is 82.0 cm³/mol. The van der Waals surface area contributed by atoms with Gasteiger partial charge in [-0.05, 0) is 31.0 Å². The Morgan fingerprint density at radius 3 is 2.81 bits per heavy atom. The average Bonchev–Trinajstić information content (AvgIpc) is 2.84. The number of carboxylic acid groups (broad SMARTS) is 1. The molecule has 1 amide bonds. The number of pyridine rings is 1. The van der Waals surface area contributed by atoms with E-state index >= 15 is 0 Å². The number of anilines is 1. The zero-order chi connectivity index (χ0) is 15.4. The number of carboxylic acids is 1. The largest absolute Gasteiger partial charge is 0.478 e. The number of rotatable bonds is 5. The van der Waals surface area contributed by atoms with Crippen molar-refractivity contribution < 1.29 is 14.7 Å². The standard InChI is InChI=1S/C15H16N2O3S/c1-3-10-7-11(15(19)20)14(21-10)17-13(18)8-12-9(2)5-4-6-16-12/h4-7H,3,8H2,1-2H3,(H,17,18)(H,19,20). The monoisotopic (exact) mass is 304 g/mol. The van der Waals surface area contributed by atoms with Crippen molar-refractivity contribution in [3.05, 3.63) is 46.1 Å². The molecule has 0 radical (unpaired) electrons. The van der Waals surface area contributed by atoms with Crippen molar-refractivity contribution in [2.75, 3.05) is 5.32 Å².